The summed E-state index contributed by atoms with van der Waals surface area (Å²) in [4.78, 5) is 13.8. The van der Waals surface area contributed by atoms with Crippen molar-refractivity contribution in [2.45, 2.75) is 38.1 Å². The monoisotopic (exact) mass is 471 g/mol. The molecular weight excluding hydrogens is 442 g/mol. The largest absolute Gasteiger partial charge is 0.481 e. The van der Waals surface area contributed by atoms with Crippen LogP contribution in [0.3, 0.4) is 0 Å². The van der Waals surface area contributed by atoms with E-state index in [0.717, 1.165) is 55.2 Å². The number of hydrogen-bond donors (Lipinski definition) is 2. The fourth-order valence-electron chi connectivity index (χ4n) is 4.30. The fraction of sp³-hybridized carbons (Fsp3) is 0.440. The molecule has 0 bridgehead atoms. The molecule has 0 radical (unpaired) electrons. The molecular formula is C25H30ClN3O4. The Morgan fingerprint density at radius 1 is 1.33 bits per heavy atom. The number of anilines is 3. The van der Waals surface area contributed by atoms with Crippen molar-refractivity contribution in [2.24, 2.45) is 0 Å². The summed E-state index contributed by atoms with van der Waals surface area (Å²) in [6, 6.07) is 13.7. The molecule has 1 aliphatic rings. The van der Waals surface area contributed by atoms with Gasteiger partial charge in [-0.2, -0.15) is 5.26 Å². The summed E-state index contributed by atoms with van der Waals surface area (Å²) in [5, 5.41) is 22.4. The number of halogens is 1. The molecule has 2 aromatic carbocycles. The highest BCUT2D eigenvalue weighted by Gasteiger charge is 2.24. The van der Waals surface area contributed by atoms with Gasteiger partial charge >= 0.3 is 5.97 Å². The molecule has 2 aromatic rings. The first-order chi connectivity index (χ1) is 16.0. The van der Waals surface area contributed by atoms with Gasteiger partial charge in [0, 0.05) is 44.5 Å². The lowest BCUT2D eigenvalue weighted by Crippen LogP contribution is -2.39. The van der Waals surface area contributed by atoms with E-state index in [-0.39, 0.29) is 12.3 Å². The van der Waals surface area contributed by atoms with E-state index in [1.54, 1.807) is 19.2 Å². The highest BCUT2D eigenvalue weighted by atomic mass is 35.5. The van der Waals surface area contributed by atoms with E-state index in [1.165, 1.54) is 0 Å². The van der Waals surface area contributed by atoms with Gasteiger partial charge in [-0.05, 0) is 55.7 Å². The Balaban J connectivity index is 2.02. The summed E-state index contributed by atoms with van der Waals surface area (Å²) in [5.41, 5.74) is 3.93. The number of carboxylic acid groups (broad SMARTS) is 1. The number of methoxy groups -OCH3 is 1. The number of nitrogens with one attached hydrogen (secondary N) is 1. The summed E-state index contributed by atoms with van der Waals surface area (Å²) in [6.45, 7) is 4.74. The van der Waals surface area contributed by atoms with E-state index in [4.69, 9.17) is 21.1 Å². The molecule has 33 heavy (non-hydrogen) atoms. The van der Waals surface area contributed by atoms with Gasteiger partial charge in [-0.3, -0.25) is 4.79 Å². The maximum Gasteiger partial charge on any atom is 0.304 e. The van der Waals surface area contributed by atoms with Crippen LogP contribution in [0.15, 0.2) is 36.4 Å². The Hall–Kier alpha value is -2.79. The molecule has 3 rings (SSSR count). The number of benzene rings is 2. The van der Waals surface area contributed by atoms with E-state index in [2.05, 4.69) is 23.2 Å². The zero-order valence-electron chi connectivity index (χ0n) is 19.0. The van der Waals surface area contributed by atoms with Crippen molar-refractivity contribution < 1.29 is 19.4 Å². The molecule has 7 nitrogen and oxygen atoms in total. The predicted molar refractivity (Wildman–Crippen MR) is 130 cm³/mol. The number of carbonyl (C=O) groups is 1. The Kier molecular flexibility index (Phi) is 8.95. The third-order valence-corrected chi connectivity index (χ3v) is 6.24. The standard InChI is InChI=1S/C25H30ClN3O4/c1-3-29(21-8-10-33-11-9-21)24-7-5-17(19(16-32-2)13-25(30)31)12-23(24)28-20-6-4-18(15-27)22(26)14-20/h4-7,12,14,19,21,28H,3,8-11,13,16H2,1-2H3,(H,30,31)/t19-/m1/s1. The molecule has 1 fully saturated rings. The SMILES string of the molecule is CCN(c1ccc([C@@H](COC)CC(=O)O)cc1Nc1ccc(C#N)c(Cl)c1)C1CCOCC1. The van der Waals surface area contributed by atoms with Crippen molar-refractivity contribution in [3.8, 4) is 6.07 Å². The van der Waals surface area contributed by atoms with Crippen LogP contribution in [0.4, 0.5) is 17.1 Å². The van der Waals surface area contributed by atoms with E-state index < -0.39 is 5.97 Å². The molecule has 8 heteroatoms. The third kappa shape index (κ3) is 6.38. The Bertz CT molecular complexity index is 1000. The van der Waals surface area contributed by atoms with Gasteiger partial charge < -0.3 is 24.8 Å². The molecule has 0 aromatic heterocycles. The minimum Gasteiger partial charge on any atom is -0.481 e. The second-order valence-corrected chi connectivity index (χ2v) is 8.49. The van der Waals surface area contributed by atoms with E-state index in [1.807, 2.05) is 24.3 Å². The normalized spacial score (nSPS) is 15.0. The number of aliphatic carboxylic acids is 1. The summed E-state index contributed by atoms with van der Waals surface area (Å²) >= 11 is 6.26. The maximum atomic E-state index is 11.4. The number of ether oxygens (including phenoxy) is 2. The van der Waals surface area contributed by atoms with Crippen LogP contribution >= 0.6 is 11.6 Å². The van der Waals surface area contributed by atoms with Crippen molar-refractivity contribution >= 4 is 34.6 Å². The molecule has 176 valence electrons. The van der Waals surface area contributed by atoms with E-state index >= 15 is 0 Å². The average molecular weight is 472 g/mol. The van der Waals surface area contributed by atoms with Crippen molar-refractivity contribution in [1.29, 1.82) is 5.26 Å². The smallest absolute Gasteiger partial charge is 0.304 e. The number of nitrogens with zero attached hydrogens (tertiary/aromatic N) is 2. The second-order valence-electron chi connectivity index (χ2n) is 8.09. The van der Waals surface area contributed by atoms with Gasteiger partial charge in [0.1, 0.15) is 6.07 Å². The maximum absolute atomic E-state index is 11.4. The van der Waals surface area contributed by atoms with Crippen molar-refractivity contribution in [3.63, 3.8) is 0 Å². The summed E-state index contributed by atoms with van der Waals surface area (Å²) in [7, 11) is 1.57. The predicted octanol–water partition coefficient (Wildman–Crippen LogP) is 5.17. The Morgan fingerprint density at radius 3 is 2.70 bits per heavy atom. The van der Waals surface area contributed by atoms with Gasteiger partial charge in [-0.15, -0.1) is 0 Å². The molecule has 1 atom stereocenters. The third-order valence-electron chi connectivity index (χ3n) is 5.93. The first-order valence-electron chi connectivity index (χ1n) is 11.1. The topological polar surface area (TPSA) is 94.8 Å². The summed E-state index contributed by atoms with van der Waals surface area (Å²) in [6.07, 6.45) is 1.87. The zero-order valence-corrected chi connectivity index (χ0v) is 19.8. The van der Waals surface area contributed by atoms with Crippen LogP contribution in [0.2, 0.25) is 5.02 Å². The van der Waals surface area contributed by atoms with Gasteiger partial charge in [0.25, 0.3) is 0 Å². The molecule has 0 aliphatic carbocycles. The highest BCUT2D eigenvalue weighted by Crippen LogP contribution is 2.36. The van der Waals surface area contributed by atoms with E-state index in [0.29, 0.717) is 23.2 Å². The van der Waals surface area contributed by atoms with Crippen molar-refractivity contribution in [1.82, 2.24) is 0 Å². The number of hydrogen-bond acceptors (Lipinski definition) is 6. The number of carboxylic acids is 1. The zero-order chi connectivity index (χ0) is 23.8. The van der Waals surface area contributed by atoms with Crippen molar-refractivity contribution in [2.75, 3.05) is 43.7 Å². The van der Waals surface area contributed by atoms with Crippen LogP contribution in [0.25, 0.3) is 0 Å². The average Bonchev–Trinajstić information content (AvgIpc) is 2.81. The van der Waals surface area contributed by atoms with Crippen LogP contribution in [0.5, 0.6) is 0 Å². The molecule has 0 amide bonds. The van der Waals surface area contributed by atoms with Crippen molar-refractivity contribution in [3.05, 3.63) is 52.5 Å². The fourth-order valence-corrected chi connectivity index (χ4v) is 4.53. The lowest BCUT2D eigenvalue weighted by molar-refractivity contribution is -0.137. The van der Waals surface area contributed by atoms with Gasteiger partial charge in [0.15, 0.2) is 0 Å². The second kappa shape index (κ2) is 11.9. The van der Waals surface area contributed by atoms with Gasteiger partial charge in [0.05, 0.1) is 35.0 Å². The van der Waals surface area contributed by atoms with Gasteiger partial charge in [0.2, 0.25) is 0 Å². The van der Waals surface area contributed by atoms with Crippen LogP contribution in [-0.4, -0.2) is 50.6 Å². The summed E-state index contributed by atoms with van der Waals surface area (Å²) < 4.78 is 10.8. The van der Waals surface area contributed by atoms with Crippen LogP contribution in [-0.2, 0) is 14.3 Å². The molecule has 0 unspecified atom stereocenters. The van der Waals surface area contributed by atoms with Crippen LogP contribution in [0.1, 0.15) is 43.2 Å². The van der Waals surface area contributed by atoms with Gasteiger partial charge in [-0.25, -0.2) is 0 Å². The number of rotatable bonds is 10. The minimum atomic E-state index is -0.869. The van der Waals surface area contributed by atoms with Gasteiger partial charge in [-0.1, -0.05) is 17.7 Å². The minimum absolute atomic E-state index is 0.0211. The molecule has 0 saturated carbocycles. The first kappa shape index (κ1) is 24.8. The van der Waals surface area contributed by atoms with Crippen LogP contribution in [0, 0.1) is 11.3 Å². The lowest BCUT2D eigenvalue weighted by atomic mass is 9.94. The Labute approximate surface area is 199 Å². The molecule has 1 aliphatic heterocycles. The molecule has 0 spiro atoms. The number of nitriles is 1. The quantitative estimate of drug-likeness (QED) is 0.493. The van der Waals surface area contributed by atoms with Crippen LogP contribution < -0.4 is 10.2 Å². The molecule has 1 saturated heterocycles. The summed E-state index contributed by atoms with van der Waals surface area (Å²) in [5.74, 6) is -1.14. The first-order valence-corrected chi connectivity index (χ1v) is 11.5. The molecule has 2 N–H and O–H groups in total. The van der Waals surface area contributed by atoms with E-state index in [9.17, 15) is 15.2 Å². The molecule has 1 heterocycles. The lowest BCUT2D eigenvalue weighted by Gasteiger charge is -2.37. The highest BCUT2D eigenvalue weighted by molar-refractivity contribution is 6.32. The Morgan fingerprint density at radius 2 is 2.09 bits per heavy atom.